The molecule has 0 amide bonds. The molecule has 0 spiro atoms. The first-order chi connectivity index (χ1) is 10.7. The van der Waals surface area contributed by atoms with Crippen LogP contribution in [-0.4, -0.2) is 0 Å². The van der Waals surface area contributed by atoms with Crippen LogP contribution in [0.5, 0.6) is 11.5 Å². The highest BCUT2D eigenvalue weighted by atomic mass is 35.5. The van der Waals surface area contributed by atoms with Crippen molar-refractivity contribution >= 4 is 23.2 Å². The number of halogens is 2. The van der Waals surface area contributed by atoms with Crippen LogP contribution in [-0.2, 0) is 4.33 Å². The highest BCUT2D eigenvalue weighted by Crippen LogP contribution is 2.55. The predicted molar refractivity (Wildman–Crippen MR) is 90.9 cm³/mol. The van der Waals surface area contributed by atoms with E-state index in [2.05, 4.69) is 0 Å². The zero-order chi connectivity index (χ0) is 15.2. The van der Waals surface area contributed by atoms with Crippen molar-refractivity contribution in [3.05, 3.63) is 83.9 Å². The maximum Gasteiger partial charge on any atom is 0.175 e. The Labute approximate surface area is 139 Å². The third-order valence-corrected chi connectivity index (χ3v) is 4.69. The van der Waals surface area contributed by atoms with Crippen molar-refractivity contribution in [1.29, 1.82) is 0 Å². The third-order valence-electron chi connectivity index (χ3n) is 3.88. The molecular weight excluding hydrogens is 315 g/mol. The summed E-state index contributed by atoms with van der Waals surface area (Å²) in [6.07, 6.45) is 0. The smallest absolute Gasteiger partial charge is 0.175 e. The Morgan fingerprint density at radius 2 is 1.36 bits per heavy atom. The molecule has 0 aromatic heterocycles. The van der Waals surface area contributed by atoms with Crippen molar-refractivity contribution in [1.82, 2.24) is 0 Å². The summed E-state index contributed by atoms with van der Waals surface area (Å²) in [5, 5.41) is 0. The van der Waals surface area contributed by atoms with Crippen LogP contribution in [0.1, 0.15) is 11.1 Å². The second kappa shape index (κ2) is 5.05. The van der Waals surface area contributed by atoms with E-state index in [0.29, 0.717) is 5.75 Å². The minimum absolute atomic E-state index is 0.698. The van der Waals surface area contributed by atoms with Gasteiger partial charge in [-0.2, -0.15) is 0 Å². The van der Waals surface area contributed by atoms with Crippen LogP contribution < -0.4 is 4.74 Å². The van der Waals surface area contributed by atoms with Gasteiger partial charge in [0.15, 0.2) is 4.33 Å². The molecule has 3 aromatic rings. The minimum atomic E-state index is -1.12. The summed E-state index contributed by atoms with van der Waals surface area (Å²) in [5.41, 5.74) is 3.60. The molecule has 108 valence electrons. The Balaban J connectivity index is 1.97. The van der Waals surface area contributed by atoms with Crippen molar-refractivity contribution in [2.45, 2.75) is 4.33 Å². The summed E-state index contributed by atoms with van der Waals surface area (Å²) >= 11 is 13.4. The number of para-hydroxylation sites is 2. The number of hydrogen-bond acceptors (Lipinski definition) is 1. The van der Waals surface area contributed by atoms with Gasteiger partial charge in [-0.15, -0.1) is 0 Å². The first kappa shape index (κ1) is 13.7. The second-order valence-electron chi connectivity index (χ2n) is 5.22. The highest BCUT2D eigenvalue weighted by Gasteiger charge is 2.39. The summed E-state index contributed by atoms with van der Waals surface area (Å²) in [6.45, 7) is 0. The molecule has 3 aromatic carbocycles. The first-order valence-corrected chi connectivity index (χ1v) is 7.77. The van der Waals surface area contributed by atoms with E-state index in [0.717, 1.165) is 28.0 Å². The Morgan fingerprint density at radius 1 is 0.682 bits per heavy atom. The number of benzene rings is 3. The molecule has 0 saturated carbocycles. The Bertz CT molecular complexity index is 841. The van der Waals surface area contributed by atoms with Gasteiger partial charge < -0.3 is 4.74 Å². The van der Waals surface area contributed by atoms with Gasteiger partial charge in [0, 0.05) is 16.7 Å². The Kier molecular flexibility index (Phi) is 3.14. The standard InChI is InChI=1S/C19H12Cl2O/c20-19(21)15-10-4-5-12-17(15)22-18-14(9-6-11-16(18)19)13-7-2-1-3-8-13/h1-12H. The van der Waals surface area contributed by atoms with Crippen LogP contribution >= 0.6 is 23.2 Å². The van der Waals surface area contributed by atoms with Gasteiger partial charge in [0.25, 0.3) is 0 Å². The van der Waals surface area contributed by atoms with Crippen molar-refractivity contribution in [2.75, 3.05) is 0 Å². The predicted octanol–water partition coefficient (Wildman–Crippen LogP) is 6.14. The van der Waals surface area contributed by atoms with Gasteiger partial charge in [0.05, 0.1) is 0 Å². The van der Waals surface area contributed by atoms with Gasteiger partial charge in [-0.25, -0.2) is 0 Å². The zero-order valence-electron chi connectivity index (χ0n) is 11.6. The molecule has 1 nitrogen and oxygen atoms in total. The summed E-state index contributed by atoms with van der Waals surface area (Å²) in [5.74, 6) is 1.42. The van der Waals surface area contributed by atoms with Gasteiger partial charge in [0.2, 0.25) is 0 Å². The number of rotatable bonds is 1. The van der Waals surface area contributed by atoms with Crippen LogP contribution in [0.3, 0.4) is 0 Å². The number of alkyl halides is 2. The van der Waals surface area contributed by atoms with Gasteiger partial charge >= 0.3 is 0 Å². The van der Waals surface area contributed by atoms with Crippen LogP contribution in [0.4, 0.5) is 0 Å². The average molecular weight is 327 g/mol. The van der Waals surface area contributed by atoms with E-state index in [-0.39, 0.29) is 0 Å². The minimum Gasteiger partial charge on any atom is -0.456 e. The normalized spacial score (nSPS) is 14.6. The molecule has 0 bridgehead atoms. The van der Waals surface area contributed by atoms with Crippen LogP contribution in [0.15, 0.2) is 72.8 Å². The van der Waals surface area contributed by atoms with E-state index >= 15 is 0 Å². The number of fused-ring (bicyclic) bond motifs is 2. The monoisotopic (exact) mass is 326 g/mol. The molecule has 0 unspecified atom stereocenters. The molecule has 22 heavy (non-hydrogen) atoms. The molecule has 1 aliphatic heterocycles. The molecule has 4 rings (SSSR count). The number of ether oxygens (including phenoxy) is 1. The first-order valence-electron chi connectivity index (χ1n) is 7.02. The van der Waals surface area contributed by atoms with Gasteiger partial charge in [-0.1, -0.05) is 89.9 Å². The van der Waals surface area contributed by atoms with Crippen molar-refractivity contribution in [2.24, 2.45) is 0 Å². The molecule has 0 aliphatic carbocycles. The largest absolute Gasteiger partial charge is 0.456 e. The van der Waals surface area contributed by atoms with Crippen molar-refractivity contribution < 1.29 is 4.74 Å². The molecule has 1 heterocycles. The summed E-state index contributed by atoms with van der Waals surface area (Å²) < 4.78 is 5.01. The topological polar surface area (TPSA) is 9.23 Å². The molecule has 0 atom stereocenters. The molecule has 3 heteroatoms. The lowest BCUT2D eigenvalue weighted by molar-refractivity contribution is 0.455. The second-order valence-corrected chi connectivity index (χ2v) is 6.55. The van der Waals surface area contributed by atoms with Crippen molar-refractivity contribution in [3.63, 3.8) is 0 Å². The van der Waals surface area contributed by atoms with E-state index in [9.17, 15) is 0 Å². The maximum absolute atomic E-state index is 6.68. The van der Waals surface area contributed by atoms with E-state index in [4.69, 9.17) is 27.9 Å². The number of hydrogen-bond donors (Lipinski definition) is 0. The van der Waals surface area contributed by atoms with Crippen molar-refractivity contribution in [3.8, 4) is 22.6 Å². The maximum atomic E-state index is 6.68. The van der Waals surface area contributed by atoms with Crippen LogP contribution in [0.2, 0.25) is 0 Å². The molecule has 0 saturated heterocycles. The van der Waals surface area contributed by atoms with E-state index in [1.54, 1.807) is 0 Å². The molecule has 1 aliphatic rings. The third kappa shape index (κ3) is 2.01. The molecular formula is C19H12Cl2O. The molecule has 0 radical (unpaired) electrons. The fraction of sp³-hybridized carbons (Fsp3) is 0.0526. The Hall–Kier alpha value is -1.96. The Morgan fingerprint density at radius 3 is 2.18 bits per heavy atom. The summed E-state index contributed by atoms with van der Waals surface area (Å²) in [7, 11) is 0. The fourth-order valence-electron chi connectivity index (χ4n) is 2.81. The zero-order valence-corrected chi connectivity index (χ0v) is 13.1. The summed E-state index contributed by atoms with van der Waals surface area (Å²) in [6, 6.07) is 23.6. The van der Waals surface area contributed by atoms with Crippen LogP contribution in [0, 0.1) is 0 Å². The highest BCUT2D eigenvalue weighted by molar-refractivity contribution is 6.50. The summed E-state index contributed by atoms with van der Waals surface area (Å²) in [4.78, 5) is 0. The van der Waals surface area contributed by atoms with Crippen LogP contribution in [0.25, 0.3) is 11.1 Å². The average Bonchev–Trinajstić information content (AvgIpc) is 2.55. The van der Waals surface area contributed by atoms with Gasteiger partial charge in [0.1, 0.15) is 11.5 Å². The van der Waals surface area contributed by atoms with E-state index in [1.807, 2.05) is 72.8 Å². The SMILES string of the molecule is ClC1(Cl)c2ccccc2Oc2c(-c3ccccc3)cccc21. The van der Waals surface area contributed by atoms with Gasteiger partial charge in [-0.3, -0.25) is 0 Å². The molecule has 0 N–H and O–H groups in total. The van der Waals surface area contributed by atoms with E-state index < -0.39 is 4.33 Å². The lowest BCUT2D eigenvalue weighted by Crippen LogP contribution is -2.19. The molecule has 0 fully saturated rings. The van der Waals surface area contributed by atoms with Gasteiger partial charge in [-0.05, 0) is 11.6 Å². The van der Waals surface area contributed by atoms with E-state index in [1.165, 1.54) is 0 Å². The fourth-order valence-corrected chi connectivity index (χ4v) is 3.42. The lowest BCUT2D eigenvalue weighted by Gasteiger charge is -2.31. The quantitative estimate of drug-likeness (QED) is 0.488. The lowest BCUT2D eigenvalue weighted by atomic mass is 9.94.